The third kappa shape index (κ3) is 2.12. The lowest BCUT2D eigenvalue weighted by molar-refractivity contribution is -0.0327. The van der Waals surface area contributed by atoms with Crippen molar-refractivity contribution in [2.75, 3.05) is 0 Å². The fraction of sp³-hybridized carbons (Fsp3) is 0.500. The first kappa shape index (κ1) is 13.7. The SMILES string of the molecule is CCCc1ccc2c(c1C(F)F)C(O)C(F)(F)S2. The van der Waals surface area contributed by atoms with Gasteiger partial charge in [-0.05, 0) is 29.8 Å². The summed E-state index contributed by atoms with van der Waals surface area (Å²) in [6.07, 6.45) is -3.99. The molecule has 0 spiro atoms. The minimum absolute atomic E-state index is 0.0441. The average Bonchev–Trinajstić information content (AvgIpc) is 2.50. The van der Waals surface area contributed by atoms with Crippen LogP contribution in [0.2, 0.25) is 0 Å². The summed E-state index contributed by atoms with van der Waals surface area (Å²) in [5, 5.41) is 6.09. The Balaban J connectivity index is 2.58. The zero-order valence-electron chi connectivity index (χ0n) is 9.59. The van der Waals surface area contributed by atoms with Gasteiger partial charge in [-0.1, -0.05) is 19.4 Å². The predicted molar refractivity (Wildman–Crippen MR) is 61.2 cm³/mol. The summed E-state index contributed by atoms with van der Waals surface area (Å²) in [6.45, 7) is 1.82. The van der Waals surface area contributed by atoms with Crippen LogP contribution in [0.3, 0.4) is 0 Å². The molecule has 0 aromatic heterocycles. The lowest BCUT2D eigenvalue weighted by Crippen LogP contribution is -2.17. The van der Waals surface area contributed by atoms with Gasteiger partial charge in [0.05, 0.1) is 0 Å². The average molecular weight is 280 g/mol. The number of rotatable bonds is 3. The van der Waals surface area contributed by atoms with Crippen molar-refractivity contribution in [3.8, 4) is 0 Å². The van der Waals surface area contributed by atoms with Crippen LogP contribution in [0.4, 0.5) is 17.6 Å². The number of hydrogen-bond donors (Lipinski definition) is 1. The van der Waals surface area contributed by atoms with Crippen LogP contribution in [0.1, 0.15) is 42.6 Å². The van der Waals surface area contributed by atoms with E-state index >= 15 is 0 Å². The molecule has 18 heavy (non-hydrogen) atoms. The quantitative estimate of drug-likeness (QED) is 0.833. The van der Waals surface area contributed by atoms with Gasteiger partial charge in [-0.15, -0.1) is 0 Å². The van der Waals surface area contributed by atoms with Crippen LogP contribution in [0, 0.1) is 0 Å². The molecular weight excluding hydrogens is 268 g/mol. The molecule has 0 fully saturated rings. The Morgan fingerprint density at radius 2 is 2.06 bits per heavy atom. The molecule has 1 aliphatic rings. The molecule has 1 aromatic carbocycles. The van der Waals surface area contributed by atoms with Crippen LogP contribution in [0.25, 0.3) is 0 Å². The number of halogens is 4. The minimum Gasteiger partial charge on any atom is -0.381 e. The maximum Gasteiger partial charge on any atom is 0.327 e. The van der Waals surface area contributed by atoms with E-state index < -0.39 is 23.3 Å². The van der Waals surface area contributed by atoms with Crippen LogP contribution in [0.15, 0.2) is 17.0 Å². The Morgan fingerprint density at radius 3 is 2.61 bits per heavy atom. The molecular formula is C12H12F4OS. The monoisotopic (exact) mass is 280 g/mol. The summed E-state index contributed by atoms with van der Waals surface area (Å²) in [5.74, 6) is 0. The number of alkyl halides is 4. The van der Waals surface area contributed by atoms with Crippen molar-refractivity contribution in [3.63, 3.8) is 0 Å². The first-order valence-corrected chi connectivity index (χ1v) is 6.38. The van der Waals surface area contributed by atoms with E-state index in [9.17, 15) is 22.7 Å². The van der Waals surface area contributed by atoms with E-state index in [1.807, 2.05) is 6.92 Å². The van der Waals surface area contributed by atoms with Crippen molar-refractivity contribution < 1.29 is 22.7 Å². The molecule has 0 amide bonds. The normalized spacial score (nSPS) is 21.4. The van der Waals surface area contributed by atoms with Crippen LogP contribution in [0.5, 0.6) is 0 Å². The largest absolute Gasteiger partial charge is 0.381 e. The Hall–Kier alpha value is -0.750. The van der Waals surface area contributed by atoms with Crippen molar-refractivity contribution in [3.05, 3.63) is 28.8 Å². The topological polar surface area (TPSA) is 20.2 Å². The predicted octanol–water partition coefficient (Wildman–Crippen LogP) is 4.31. The number of aliphatic hydroxyl groups is 1. The number of benzene rings is 1. The smallest absolute Gasteiger partial charge is 0.327 e. The molecule has 6 heteroatoms. The molecule has 0 saturated carbocycles. The number of aliphatic hydroxyl groups excluding tert-OH is 1. The zero-order chi connectivity index (χ0) is 13.5. The molecule has 0 saturated heterocycles. The van der Waals surface area contributed by atoms with Crippen molar-refractivity contribution in [2.24, 2.45) is 0 Å². The molecule has 1 aromatic rings. The minimum atomic E-state index is -3.43. The second kappa shape index (κ2) is 4.74. The van der Waals surface area contributed by atoms with Crippen molar-refractivity contribution >= 4 is 11.8 Å². The summed E-state index contributed by atoms with van der Waals surface area (Å²) in [7, 11) is 0. The van der Waals surface area contributed by atoms with Gasteiger partial charge >= 0.3 is 5.25 Å². The Kier molecular flexibility index (Phi) is 3.60. The maximum atomic E-state index is 13.4. The Morgan fingerprint density at radius 1 is 1.39 bits per heavy atom. The van der Waals surface area contributed by atoms with Crippen molar-refractivity contribution in [2.45, 2.75) is 42.4 Å². The van der Waals surface area contributed by atoms with Crippen LogP contribution < -0.4 is 0 Å². The molecule has 1 aliphatic heterocycles. The molecule has 0 aliphatic carbocycles. The summed E-state index contributed by atoms with van der Waals surface area (Å²) in [4.78, 5) is 0.0441. The van der Waals surface area contributed by atoms with Gasteiger partial charge in [0.1, 0.15) is 0 Å². The number of aryl methyl sites for hydroxylation is 1. The van der Waals surface area contributed by atoms with E-state index in [-0.39, 0.29) is 22.2 Å². The van der Waals surface area contributed by atoms with E-state index in [1.165, 1.54) is 12.1 Å². The first-order valence-electron chi connectivity index (χ1n) is 5.57. The lowest BCUT2D eigenvalue weighted by atomic mass is 9.95. The standard InChI is InChI=1S/C12H12F4OS/c1-2-3-6-4-5-7-9(8(6)11(13)14)10(17)12(15,16)18-7/h4-5,10-11,17H,2-3H2,1H3. The van der Waals surface area contributed by atoms with Gasteiger partial charge in [-0.25, -0.2) is 8.78 Å². The van der Waals surface area contributed by atoms with E-state index in [0.29, 0.717) is 18.4 Å². The van der Waals surface area contributed by atoms with E-state index in [2.05, 4.69) is 0 Å². The molecule has 0 radical (unpaired) electrons. The van der Waals surface area contributed by atoms with Gasteiger partial charge in [0.2, 0.25) is 0 Å². The van der Waals surface area contributed by atoms with Crippen LogP contribution >= 0.6 is 11.8 Å². The van der Waals surface area contributed by atoms with Crippen molar-refractivity contribution in [1.82, 2.24) is 0 Å². The van der Waals surface area contributed by atoms with Gasteiger partial charge in [-0.3, -0.25) is 0 Å². The Labute approximate surface area is 106 Å². The number of thioether (sulfide) groups is 1. The summed E-state index contributed by atoms with van der Waals surface area (Å²) in [5.41, 5.74) is -0.388. The van der Waals surface area contributed by atoms with Gasteiger partial charge in [-0.2, -0.15) is 8.78 Å². The summed E-state index contributed by atoms with van der Waals surface area (Å²) >= 11 is 0.143. The molecule has 1 nitrogen and oxygen atoms in total. The highest BCUT2D eigenvalue weighted by Gasteiger charge is 2.50. The third-order valence-electron chi connectivity index (χ3n) is 2.91. The molecule has 2 rings (SSSR count). The van der Waals surface area contributed by atoms with Crippen molar-refractivity contribution in [1.29, 1.82) is 0 Å². The molecule has 1 atom stereocenters. The zero-order valence-corrected chi connectivity index (χ0v) is 10.4. The molecule has 0 bridgehead atoms. The molecule has 1 unspecified atom stereocenters. The van der Waals surface area contributed by atoms with E-state index in [0.717, 1.165) is 0 Å². The second-order valence-electron chi connectivity index (χ2n) is 4.17. The van der Waals surface area contributed by atoms with Gasteiger partial charge < -0.3 is 5.11 Å². The van der Waals surface area contributed by atoms with Gasteiger partial charge in [0, 0.05) is 16.0 Å². The second-order valence-corrected chi connectivity index (χ2v) is 5.36. The Bertz CT molecular complexity index is 462. The fourth-order valence-electron chi connectivity index (χ4n) is 2.15. The number of fused-ring (bicyclic) bond motifs is 1. The highest BCUT2D eigenvalue weighted by atomic mass is 32.2. The van der Waals surface area contributed by atoms with E-state index in [1.54, 1.807) is 0 Å². The highest BCUT2D eigenvalue weighted by molar-refractivity contribution is 8.00. The third-order valence-corrected chi connectivity index (χ3v) is 3.98. The van der Waals surface area contributed by atoms with Gasteiger partial charge in [0.15, 0.2) is 6.10 Å². The maximum absolute atomic E-state index is 13.4. The molecule has 100 valence electrons. The molecule has 1 heterocycles. The molecule has 1 N–H and O–H groups in total. The summed E-state index contributed by atoms with van der Waals surface area (Å²) < 4.78 is 52.9. The highest BCUT2D eigenvalue weighted by Crippen LogP contribution is 2.56. The van der Waals surface area contributed by atoms with Crippen LogP contribution in [-0.2, 0) is 6.42 Å². The number of hydrogen-bond acceptors (Lipinski definition) is 2. The summed E-state index contributed by atoms with van der Waals surface area (Å²) in [6, 6.07) is 2.84. The van der Waals surface area contributed by atoms with E-state index in [4.69, 9.17) is 0 Å². The first-order chi connectivity index (χ1) is 8.38. The van der Waals surface area contributed by atoms with Crippen LogP contribution in [-0.4, -0.2) is 10.4 Å². The fourth-order valence-corrected chi connectivity index (χ4v) is 3.14. The lowest BCUT2D eigenvalue weighted by Gasteiger charge is -2.16. The van der Waals surface area contributed by atoms with Gasteiger partial charge in [0.25, 0.3) is 6.43 Å².